The van der Waals surface area contributed by atoms with Crippen LogP contribution in [0.2, 0.25) is 0 Å². The van der Waals surface area contributed by atoms with Crippen LogP contribution in [0, 0.1) is 0 Å². The average Bonchev–Trinajstić information content (AvgIpc) is 3.02. The normalized spacial score (nSPS) is 10.6. The third-order valence-corrected chi connectivity index (χ3v) is 3.97. The summed E-state index contributed by atoms with van der Waals surface area (Å²) in [7, 11) is 1.61. The molecule has 112 valence electrons. The second-order valence-corrected chi connectivity index (χ2v) is 5.53. The summed E-state index contributed by atoms with van der Waals surface area (Å²) in [4.78, 5) is 11.8. The molecule has 22 heavy (non-hydrogen) atoms. The molecule has 6 nitrogen and oxygen atoms in total. The summed E-state index contributed by atoms with van der Waals surface area (Å²) < 4.78 is 3.56. The summed E-state index contributed by atoms with van der Waals surface area (Å²) in [5.74, 6) is 0. The number of hydrogen-bond donors (Lipinski definition) is 1. The van der Waals surface area contributed by atoms with Crippen LogP contribution in [0.4, 0.5) is 5.69 Å². The van der Waals surface area contributed by atoms with Crippen molar-refractivity contribution >= 4 is 21.6 Å². The van der Waals surface area contributed by atoms with Crippen molar-refractivity contribution < 1.29 is 0 Å². The van der Waals surface area contributed by atoms with E-state index in [4.69, 9.17) is 0 Å². The van der Waals surface area contributed by atoms with Gasteiger partial charge in [0.1, 0.15) is 4.47 Å². The first-order chi connectivity index (χ1) is 10.6. The van der Waals surface area contributed by atoms with E-state index in [0.29, 0.717) is 16.7 Å². The summed E-state index contributed by atoms with van der Waals surface area (Å²) in [6.45, 7) is 0.507. The molecule has 7 heteroatoms. The van der Waals surface area contributed by atoms with E-state index in [1.165, 1.54) is 4.68 Å². The molecule has 0 radical (unpaired) electrons. The molecule has 0 aliphatic rings. The van der Waals surface area contributed by atoms with Gasteiger partial charge in [-0.1, -0.05) is 18.2 Å². The van der Waals surface area contributed by atoms with Gasteiger partial charge >= 0.3 is 0 Å². The van der Waals surface area contributed by atoms with Crippen LogP contribution in [-0.4, -0.2) is 19.6 Å². The number of rotatable bonds is 4. The summed E-state index contributed by atoms with van der Waals surface area (Å²) in [5, 5.41) is 11.7. The van der Waals surface area contributed by atoms with Gasteiger partial charge in [0.25, 0.3) is 5.56 Å². The maximum atomic E-state index is 11.8. The molecule has 3 rings (SSSR count). The van der Waals surface area contributed by atoms with Gasteiger partial charge in [-0.15, -0.1) is 0 Å². The molecule has 0 amide bonds. The average molecular weight is 360 g/mol. The van der Waals surface area contributed by atoms with E-state index in [-0.39, 0.29) is 5.56 Å². The molecule has 0 aliphatic carbocycles. The second kappa shape index (κ2) is 6.15. The van der Waals surface area contributed by atoms with Gasteiger partial charge in [-0.2, -0.15) is 10.2 Å². The fraction of sp³-hybridized carbons (Fsp3) is 0.133. The Labute approximate surface area is 135 Å². The van der Waals surface area contributed by atoms with Gasteiger partial charge in [0, 0.05) is 13.2 Å². The molecule has 0 saturated heterocycles. The molecule has 0 atom stereocenters. The standard InChI is InChI=1S/C15H14BrN5O/c1-20-15(22)14(16)13(10-18-20)17-9-11-7-8-21(19-11)12-5-3-2-4-6-12/h2-8,10,17H,9H2,1H3. The molecular weight excluding hydrogens is 346 g/mol. The summed E-state index contributed by atoms with van der Waals surface area (Å²) in [6, 6.07) is 11.8. The lowest BCUT2D eigenvalue weighted by Crippen LogP contribution is -2.21. The third kappa shape index (κ3) is 2.94. The largest absolute Gasteiger partial charge is 0.377 e. The highest BCUT2D eigenvalue weighted by Crippen LogP contribution is 2.17. The Morgan fingerprint density at radius 3 is 2.77 bits per heavy atom. The first-order valence-electron chi connectivity index (χ1n) is 6.71. The third-order valence-electron chi connectivity index (χ3n) is 3.20. The smallest absolute Gasteiger partial charge is 0.282 e. The Balaban J connectivity index is 1.74. The number of aryl methyl sites for hydroxylation is 1. The van der Waals surface area contributed by atoms with Crippen LogP contribution in [0.5, 0.6) is 0 Å². The fourth-order valence-electron chi connectivity index (χ4n) is 2.00. The number of anilines is 1. The Bertz CT molecular complexity index is 841. The highest BCUT2D eigenvalue weighted by Gasteiger charge is 2.07. The lowest BCUT2D eigenvalue weighted by atomic mass is 10.3. The van der Waals surface area contributed by atoms with Crippen molar-refractivity contribution in [2.45, 2.75) is 6.54 Å². The van der Waals surface area contributed by atoms with Gasteiger partial charge in [-0.05, 0) is 34.1 Å². The zero-order chi connectivity index (χ0) is 15.5. The molecule has 0 unspecified atom stereocenters. The number of nitrogens with zero attached hydrogens (tertiary/aromatic N) is 4. The van der Waals surface area contributed by atoms with Gasteiger partial charge in [-0.3, -0.25) is 4.79 Å². The highest BCUT2D eigenvalue weighted by molar-refractivity contribution is 9.10. The number of aromatic nitrogens is 4. The van der Waals surface area contributed by atoms with Crippen LogP contribution in [0.1, 0.15) is 5.69 Å². The predicted molar refractivity (Wildman–Crippen MR) is 88.1 cm³/mol. The molecule has 0 saturated carbocycles. The minimum atomic E-state index is -0.181. The minimum absolute atomic E-state index is 0.181. The Morgan fingerprint density at radius 1 is 1.23 bits per heavy atom. The van der Waals surface area contributed by atoms with E-state index in [1.54, 1.807) is 13.2 Å². The topological polar surface area (TPSA) is 64.7 Å². The summed E-state index contributed by atoms with van der Waals surface area (Å²) in [5.41, 5.74) is 2.35. The van der Waals surface area contributed by atoms with Crippen molar-refractivity contribution in [2.24, 2.45) is 7.05 Å². The molecule has 0 spiro atoms. The van der Waals surface area contributed by atoms with Crippen LogP contribution in [-0.2, 0) is 13.6 Å². The van der Waals surface area contributed by atoms with Crippen LogP contribution in [0.15, 0.2) is 58.1 Å². The van der Waals surface area contributed by atoms with Crippen LogP contribution in [0.25, 0.3) is 5.69 Å². The van der Waals surface area contributed by atoms with Crippen molar-refractivity contribution in [2.75, 3.05) is 5.32 Å². The molecule has 0 aliphatic heterocycles. The molecule has 3 aromatic rings. The molecule has 2 aromatic heterocycles. The Hall–Kier alpha value is -2.41. The van der Waals surface area contributed by atoms with Gasteiger partial charge in [0.15, 0.2) is 0 Å². The molecule has 1 aromatic carbocycles. The number of nitrogens with one attached hydrogen (secondary N) is 1. The number of hydrogen-bond acceptors (Lipinski definition) is 4. The molecule has 0 bridgehead atoms. The van der Waals surface area contributed by atoms with E-state index in [1.807, 2.05) is 47.3 Å². The van der Waals surface area contributed by atoms with Gasteiger partial charge < -0.3 is 5.32 Å². The zero-order valence-electron chi connectivity index (χ0n) is 11.9. The van der Waals surface area contributed by atoms with Crippen LogP contribution >= 0.6 is 15.9 Å². The van der Waals surface area contributed by atoms with E-state index in [2.05, 4.69) is 31.4 Å². The molecular formula is C15H14BrN5O. The Kier molecular flexibility index (Phi) is 4.06. The van der Waals surface area contributed by atoms with E-state index in [0.717, 1.165) is 11.4 Å². The van der Waals surface area contributed by atoms with E-state index >= 15 is 0 Å². The maximum absolute atomic E-state index is 11.8. The van der Waals surface area contributed by atoms with E-state index < -0.39 is 0 Å². The van der Waals surface area contributed by atoms with Crippen molar-refractivity contribution in [1.29, 1.82) is 0 Å². The van der Waals surface area contributed by atoms with Crippen molar-refractivity contribution in [1.82, 2.24) is 19.6 Å². The lowest BCUT2D eigenvalue weighted by Gasteiger charge is -2.07. The molecule has 1 N–H and O–H groups in total. The Morgan fingerprint density at radius 2 is 2.00 bits per heavy atom. The molecule has 0 fully saturated rings. The van der Waals surface area contributed by atoms with Gasteiger partial charge in [-0.25, -0.2) is 9.36 Å². The number of para-hydroxylation sites is 1. The van der Waals surface area contributed by atoms with E-state index in [9.17, 15) is 4.79 Å². The van der Waals surface area contributed by atoms with Crippen LogP contribution < -0.4 is 10.9 Å². The number of benzene rings is 1. The number of halogens is 1. The predicted octanol–water partition coefficient (Wildman–Crippen LogP) is 2.34. The minimum Gasteiger partial charge on any atom is -0.377 e. The molecule has 2 heterocycles. The summed E-state index contributed by atoms with van der Waals surface area (Å²) in [6.07, 6.45) is 3.52. The van der Waals surface area contributed by atoms with Gasteiger partial charge in [0.2, 0.25) is 0 Å². The SMILES string of the molecule is Cn1ncc(NCc2ccn(-c3ccccc3)n2)c(Br)c1=O. The quantitative estimate of drug-likeness (QED) is 0.776. The van der Waals surface area contributed by atoms with Crippen LogP contribution in [0.3, 0.4) is 0 Å². The second-order valence-electron chi connectivity index (χ2n) is 4.74. The van der Waals surface area contributed by atoms with Gasteiger partial charge in [0.05, 0.1) is 29.8 Å². The van der Waals surface area contributed by atoms with Crippen molar-refractivity contribution in [3.05, 3.63) is 69.3 Å². The maximum Gasteiger partial charge on any atom is 0.282 e. The zero-order valence-corrected chi connectivity index (χ0v) is 13.5. The highest BCUT2D eigenvalue weighted by atomic mass is 79.9. The van der Waals surface area contributed by atoms with Crippen molar-refractivity contribution in [3.8, 4) is 5.69 Å². The first-order valence-corrected chi connectivity index (χ1v) is 7.50. The first kappa shape index (κ1) is 14.5. The van der Waals surface area contributed by atoms with Crippen molar-refractivity contribution in [3.63, 3.8) is 0 Å². The monoisotopic (exact) mass is 359 g/mol. The lowest BCUT2D eigenvalue weighted by molar-refractivity contribution is 0.703. The fourth-order valence-corrected chi connectivity index (χ4v) is 2.50. The summed E-state index contributed by atoms with van der Waals surface area (Å²) >= 11 is 3.29.